The third kappa shape index (κ3) is 3.98. The molecule has 1 fully saturated rings. The summed E-state index contributed by atoms with van der Waals surface area (Å²) < 4.78 is 5.19. The molecule has 0 radical (unpaired) electrons. The number of aromatic amines is 1. The zero-order chi connectivity index (χ0) is 17.9. The van der Waals surface area contributed by atoms with E-state index < -0.39 is 12.1 Å². The van der Waals surface area contributed by atoms with E-state index in [1.165, 1.54) is 6.42 Å². The van der Waals surface area contributed by atoms with Crippen LogP contribution in [0.25, 0.3) is 0 Å². The van der Waals surface area contributed by atoms with Crippen molar-refractivity contribution in [1.29, 1.82) is 0 Å². The number of hydrogen-bond donors (Lipinski definition) is 2. The van der Waals surface area contributed by atoms with Crippen molar-refractivity contribution in [3.05, 3.63) is 22.5 Å². The summed E-state index contributed by atoms with van der Waals surface area (Å²) >= 11 is 0. The largest absolute Gasteiger partial charge is 0.451 e. The highest BCUT2D eigenvalue weighted by molar-refractivity contribution is 5.91. The van der Waals surface area contributed by atoms with Crippen LogP contribution in [-0.2, 0) is 9.53 Å². The highest BCUT2D eigenvalue weighted by Gasteiger charge is 2.25. The number of amides is 1. The van der Waals surface area contributed by atoms with Gasteiger partial charge in [-0.25, -0.2) is 4.79 Å². The SMILES string of the molecule is Cc1[nH]c(C(=O)OCC(=O)N(C)C2CCCCC2)c(C)c1[C@H](C)O. The van der Waals surface area contributed by atoms with E-state index in [-0.39, 0.29) is 18.6 Å². The van der Waals surface area contributed by atoms with E-state index >= 15 is 0 Å². The van der Waals surface area contributed by atoms with Gasteiger partial charge in [-0.05, 0) is 39.2 Å². The number of aromatic nitrogens is 1. The van der Waals surface area contributed by atoms with E-state index in [1.807, 2.05) is 0 Å². The van der Waals surface area contributed by atoms with Gasteiger partial charge in [-0.2, -0.15) is 0 Å². The second-order valence-corrected chi connectivity index (χ2v) is 6.71. The van der Waals surface area contributed by atoms with Crippen molar-refractivity contribution in [1.82, 2.24) is 9.88 Å². The summed E-state index contributed by atoms with van der Waals surface area (Å²) in [5, 5.41) is 9.78. The number of aliphatic hydroxyl groups is 1. The van der Waals surface area contributed by atoms with Crippen molar-refractivity contribution in [3.8, 4) is 0 Å². The summed E-state index contributed by atoms with van der Waals surface area (Å²) in [6.07, 6.45) is 4.88. The summed E-state index contributed by atoms with van der Waals surface area (Å²) in [4.78, 5) is 29.2. The molecule has 1 aliphatic carbocycles. The van der Waals surface area contributed by atoms with Gasteiger partial charge in [0.1, 0.15) is 5.69 Å². The maximum Gasteiger partial charge on any atom is 0.355 e. The standard InChI is InChI=1S/C18H28N2O4/c1-11-16(13(3)21)12(2)19-17(11)18(23)24-10-15(22)20(4)14-8-6-5-7-9-14/h13-14,19,21H,5-10H2,1-4H3/t13-/m0/s1. The van der Waals surface area contributed by atoms with Crippen LogP contribution in [0.3, 0.4) is 0 Å². The lowest BCUT2D eigenvalue weighted by Gasteiger charge is -2.31. The van der Waals surface area contributed by atoms with Crippen molar-refractivity contribution in [3.63, 3.8) is 0 Å². The van der Waals surface area contributed by atoms with Gasteiger partial charge >= 0.3 is 5.97 Å². The first-order chi connectivity index (χ1) is 11.3. The number of ether oxygens (including phenoxy) is 1. The Bertz CT molecular complexity index is 600. The van der Waals surface area contributed by atoms with Crippen LogP contribution in [0.5, 0.6) is 0 Å². The van der Waals surface area contributed by atoms with Gasteiger partial charge in [-0.3, -0.25) is 4.79 Å². The van der Waals surface area contributed by atoms with Crippen LogP contribution in [0.1, 0.15) is 72.4 Å². The molecule has 2 N–H and O–H groups in total. The molecular formula is C18H28N2O4. The molecule has 0 saturated heterocycles. The van der Waals surface area contributed by atoms with E-state index in [1.54, 1.807) is 32.7 Å². The highest BCUT2D eigenvalue weighted by atomic mass is 16.5. The van der Waals surface area contributed by atoms with E-state index in [9.17, 15) is 14.7 Å². The fourth-order valence-corrected chi connectivity index (χ4v) is 3.57. The minimum Gasteiger partial charge on any atom is -0.451 e. The Balaban J connectivity index is 1.95. The maximum absolute atomic E-state index is 12.3. The molecule has 1 atom stereocenters. The fourth-order valence-electron chi connectivity index (χ4n) is 3.57. The molecule has 1 heterocycles. The summed E-state index contributed by atoms with van der Waals surface area (Å²) in [5.74, 6) is -0.736. The Kier molecular flexibility index (Phi) is 6.04. The number of likely N-dealkylation sites (N-methyl/N-ethyl adjacent to an activating group) is 1. The predicted molar refractivity (Wildman–Crippen MR) is 90.8 cm³/mol. The molecule has 1 amide bonds. The van der Waals surface area contributed by atoms with E-state index in [0.717, 1.165) is 31.4 Å². The normalized spacial score (nSPS) is 16.7. The van der Waals surface area contributed by atoms with Gasteiger partial charge in [0.15, 0.2) is 6.61 Å². The van der Waals surface area contributed by atoms with Gasteiger partial charge in [-0.1, -0.05) is 19.3 Å². The Morgan fingerprint density at radius 3 is 2.46 bits per heavy atom. The number of carbonyl (C=O) groups excluding carboxylic acids is 2. The molecule has 1 aromatic rings. The molecule has 24 heavy (non-hydrogen) atoms. The minimum atomic E-state index is -0.665. The highest BCUT2D eigenvalue weighted by Crippen LogP contribution is 2.25. The second kappa shape index (κ2) is 7.83. The van der Waals surface area contributed by atoms with Crippen LogP contribution < -0.4 is 0 Å². The zero-order valence-corrected chi connectivity index (χ0v) is 15.0. The average Bonchev–Trinajstić information content (AvgIpc) is 2.87. The van der Waals surface area contributed by atoms with Crippen molar-refractivity contribution in [2.24, 2.45) is 0 Å². The molecule has 0 unspecified atom stereocenters. The van der Waals surface area contributed by atoms with Gasteiger partial charge in [-0.15, -0.1) is 0 Å². The van der Waals surface area contributed by atoms with Crippen LogP contribution in [0.15, 0.2) is 0 Å². The Morgan fingerprint density at radius 1 is 1.29 bits per heavy atom. The van der Waals surface area contributed by atoms with Crippen molar-refractivity contribution >= 4 is 11.9 Å². The molecule has 6 heteroatoms. The number of aryl methyl sites for hydroxylation is 1. The van der Waals surface area contributed by atoms with Crippen LogP contribution in [-0.4, -0.2) is 46.6 Å². The van der Waals surface area contributed by atoms with Crippen molar-refractivity contribution < 1.29 is 19.4 Å². The molecule has 2 rings (SSSR count). The lowest BCUT2D eigenvalue weighted by molar-refractivity contribution is -0.135. The number of nitrogens with one attached hydrogen (secondary N) is 1. The number of carbonyl (C=O) groups is 2. The first kappa shape index (κ1) is 18.5. The van der Waals surface area contributed by atoms with Crippen LogP contribution in [0.2, 0.25) is 0 Å². The molecule has 1 saturated carbocycles. The number of aliphatic hydroxyl groups excluding tert-OH is 1. The molecule has 1 aromatic heterocycles. The predicted octanol–water partition coefficient (Wildman–Crippen LogP) is 2.63. The molecule has 6 nitrogen and oxygen atoms in total. The Labute approximate surface area is 143 Å². The van der Waals surface area contributed by atoms with E-state index in [4.69, 9.17) is 4.74 Å². The molecular weight excluding hydrogens is 308 g/mol. The average molecular weight is 336 g/mol. The monoisotopic (exact) mass is 336 g/mol. The van der Waals surface area contributed by atoms with Gasteiger partial charge in [0.2, 0.25) is 0 Å². The molecule has 0 aliphatic heterocycles. The molecule has 0 spiro atoms. The van der Waals surface area contributed by atoms with Crippen LogP contribution in [0.4, 0.5) is 0 Å². The van der Waals surface area contributed by atoms with Crippen LogP contribution in [0, 0.1) is 13.8 Å². The van der Waals surface area contributed by atoms with E-state index in [2.05, 4.69) is 4.98 Å². The van der Waals surface area contributed by atoms with Gasteiger partial charge < -0.3 is 19.7 Å². The lowest BCUT2D eigenvalue weighted by Crippen LogP contribution is -2.40. The van der Waals surface area contributed by atoms with Crippen molar-refractivity contribution in [2.75, 3.05) is 13.7 Å². The lowest BCUT2D eigenvalue weighted by atomic mass is 9.94. The third-order valence-corrected chi connectivity index (χ3v) is 4.96. The molecule has 1 aliphatic rings. The molecule has 0 aromatic carbocycles. The van der Waals surface area contributed by atoms with Crippen molar-refractivity contribution in [2.45, 2.75) is 65.0 Å². The first-order valence-corrected chi connectivity index (χ1v) is 8.62. The number of esters is 1. The first-order valence-electron chi connectivity index (χ1n) is 8.62. The summed E-state index contributed by atoms with van der Waals surface area (Å²) in [6, 6.07) is 0.251. The van der Waals surface area contributed by atoms with Crippen LogP contribution >= 0.6 is 0 Å². The molecule has 0 bridgehead atoms. The fraction of sp³-hybridized carbons (Fsp3) is 0.667. The number of hydrogen-bond acceptors (Lipinski definition) is 4. The minimum absolute atomic E-state index is 0.174. The van der Waals surface area contributed by atoms with Gasteiger partial charge in [0.05, 0.1) is 6.10 Å². The number of H-pyrrole nitrogens is 1. The van der Waals surface area contributed by atoms with Gasteiger partial charge in [0, 0.05) is 24.3 Å². The summed E-state index contributed by atoms with van der Waals surface area (Å²) in [6.45, 7) is 4.96. The Morgan fingerprint density at radius 2 is 1.92 bits per heavy atom. The van der Waals surface area contributed by atoms with E-state index in [0.29, 0.717) is 16.8 Å². The molecule has 134 valence electrons. The van der Waals surface area contributed by atoms with Gasteiger partial charge in [0.25, 0.3) is 5.91 Å². The quantitative estimate of drug-likeness (QED) is 0.810. The zero-order valence-electron chi connectivity index (χ0n) is 15.0. The number of rotatable bonds is 5. The summed E-state index contributed by atoms with van der Waals surface area (Å²) in [5.41, 5.74) is 2.41. The maximum atomic E-state index is 12.3. The topological polar surface area (TPSA) is 82.6 Å². The number of nitrogens with zero attached hydrogens (tertiary/aromatic N) is 1. The Hall–Kier alpha value is -1.82. The smallest absolute Gasteiger partial charge is 0.355 e. The summed E-state index contributed by atoms with van der Waals surface area (Å²) in [7, 11) is 1.78. The third-order valence-electron chi connectivity index (χ3n) is 4.96. The second-order valence-electron chi connectivity index (χ2n) is 6.71.